The number of hydrogen-bond donors (Lipinski definition) is 2. The van der Waals surface area contributed by atoms with Gasteiger partial charge in [0, 0.05) is 5.69 Å². The molecule has 4 nitrogen and oxygen atoms in total. The average Bonchev–Trinajstić information content (AvgIpc) is 2.56. The van der Waals surface area contributed by atoms with Gasteiger partial charge in [0.15, 0.2) is 0 Å². The number of benzene rings is 2. The van der Waals surface area contributed by atoms with Crippen molar-refractivity contribution in [3.05, 3.63) is 57.5 Å². The quantitative estimate of drug-likeness (QED) is 0.741. The number of ether oxygens (including phenoxy) is 1. The summed E-state index contributed by atoms with van der Waals surface area (Å²) in [5, 5.41) is 6.53. The highest BCUT2D eigenvalue weighted by molar-refractivity contribution is 6.42. The molecule has 0 unspecified atom stereocenters. The molecule has 2 N–H and O–H groups in total. The summed E-state index contributed by atoms with van der Waals surface area (Å²) >= 11 is 17.6. The topological polar surface area (TPSA) is 50.4 Å². The fourth-order valence-corrected chi connectivity index (χ4v) is 2.15. The Morgan fingerprint density at radius 3 is 2.54 bits per heavy atom. The molecule has 7 heteroatoms. The van der Waals surface area contributed by atoms with Crippen molar-refractivity contribution in [2.75, 3.05) is 18.5 Å². The van der Waals surface area contributed by atoms with Crippen molar-refractivity contribution in [3.8, 4) is 17.6 Å². The molecule has 0 saturated carbocycles. The minimum atomic E-state index is -0.394. The van der Waals surface area contributed by atoms with Crippen molar-refractivity contribution < 1.29 is 9.53 Å². The highest BCUT2D eigenvalue weighted by Gasteiger charge is 2.03. The van der Waals surface area contributed by atoms with E-state index in [0.29, 0.717) is 26.5 Å². The average molecular weight is 384 g/mol. The molecule has 0 aliphatic carbocycles. The molecule has 124 valence electrons. The van der Waals surface area contributed by atoms with E-state index < -0.39 is 6.03 Å². The summed E-state index contributed by atoms with van der Waals surface area (Å²) in [4.78, 5) is 11.7. The van der Waals surface area contributed by atoms with Gasteiger partial charge >= 0.3 is 6.03 Å². The van der Waals surface area contributed by atoms with Gasteiger partial charge in [-0.3, -0.25) is 0 Å². The number of nitrogens with one attached hydrogen (secondary N) is 2. The molecule has 2 rings (SSSR count). The molecule has 0 spiro atoms. The van der Waals surface area contributed by atoms with Crippen LogP contribution in [0.25, 0.3) is 0 Å². The van der Waals surface area contributed by atoms with Crippen LogP contribution in [0.1, 0.15) is 0 Å². The maximum Gasteiger partial charge on any atom is 0.319 e. The molecule has 2 aromatic carbocycles. The molecule has 24 heavy (non-hydrogen) atoms. The van der Waals surface area contributed by atoms with Gasteiger partial charge in [0.05, 0.1) is 21.6 Å². The van der Waals surface area contributed by atoms with Crippen molar-refractivity contribution >= 4 is 46.5 Å². The Balaban J connectivity index is 1.71. The monoisotopic (exact) mass is 382 g/mol. The van der Waals surface area contributed by atoms with Crippen molar-refractivity contribution in [2.45, 2.75) is 0 Å². The van der Waals surface area contributed by atoms with Crippen LogP contribution >= 0.6 is 34.8 Å². The van der Waals surface area contributed by atoms with E-state index in [1.165, 1.54) is 0 Å². The molecule has 0 atom stereocenters. The van der Waals surface area contributed by atoms with Crippen LogP contribution in [0.3, 0.4) is 0 Å². The standard InChI is InChI=1S/C17H13Cl3N2O2/c18-13-8-7-12(11-15(13)20)22-17(23)21-9-3-4-10-24-16-6-2-1-5-14(16)19/h1-2,5-8,11H,9-10H2,(H2,21,22,23). The minimum Gasteiger partial charge on any atom is -0.479 e. The van der Waals surface area contributed by atoms with Crippen molar-refractivity contribution in [1.82, 2.24) is 5.32 Å². The van der Waals surface area contributed by atoms with Gasteiger partial charge in [0.25, 0.3) is 0 Å². The summed E-state index contributed by atoms with van der Waals surface area (Å²) in [7, 11) is 0. The first kappa shape index (κ1) is 18.3. The Bertz CT molecular complexity index is 785. The van der Waals surface area contributed by atoms with E-state index in [0.717, 1.165) is 0 Å². The third-order valence-electron chi connectivity index (χ3n) is 2.78. The molecule has 0 bridgehead atoms. The Morgan fingerprint density at radius 2 is 1.79 bits per heavy atom. The van der Waals surface area contributed by atoms with Gasteiger partial charge in [-0.05, 0) is 30.3 Å². The first-order chi connectivity index (χ1) is 11.6. The van der Waals surface area contributed by atoms with E-state index in [9.17, 15) is 4.79 Å². The fraction of sp³-hybridized carbons (Fsp3) is 0.118. The van der Waals surface area contributed by atoms with E-state index in [1.807, 2.05) is 12.1 Å². The first-order valence-electron chi connectivity index (χ1n) is 6.89. The van der Waals surface area contributed by atoms with E-state index in [-0.39, 0.29) is 13.2 Å². The van der Waals surface area contributed by atoms with Crippen LogP contribution in [-0.2, 0) is 0 Å². The summed E-state index contributed by atoms with van der Waals surface area (Å²) in [5.41, 5.74) is 0.539. The number of hydrogen-bond acceptors (Lipinski definition) is 2. The molecule has 0 aliphatic heterocycles. The predicted molar refractivity (Wildman–Crippen MR) is 98.2 cm³/mol. The van der Waals surface area contributed by atoms with Gasteiger partial charge in [-0.2, -0.15) is 0 Å². The molecule has 0 saturated heterocycles. The van der Waals surface area contributed by atoms with Crippen molar-refractivity contribution in [1.29, 1.82) is 0 Å². The third kappa shape index (κ3) is 5.86. The van der Waals surface area contributed by atoms with Gasteiger partial charge < -0.3 is 15.4 Å². The Labute approximate surface area is 155 Å². The molecular weight excluding hydrogens is 371 g/mol. The number of carbonyl (C=O) groups is 1. The number of carbonyl (C=O) groups excluding carboxylic acids is 1. The van der Waals surface area contributed by atoms with Gasteiger partial charge in [0.1, 0.15) is 12.4 Å². The van der Waals surface area contributed by atoms with Gasteiger partial charge in [-0.15, -0.1) is 0 Å². The lowest BCUT2D eigenvalue weighted by atomic mass is 10.3. The second kappa shape index (κ2) is 9.29. The Hall–Kier alpha value is -2.06. The number of amides is 2. The van der Waals surface area contributed by atoms with E-state index >= 15 is 0 Å². The summed E-state index contributed by atoms with van der Waals surface area (Å²) in [6, 6.07) is 11.6. The number of para-hydroxylation sites is 1. The zero-order chi connectivity index (χ0) is 17.4. The number of rotatable bonds is 4. The van der Waals surface area contributed by atoms with Gasteiger partial charge in [-0.25, -0.2) is 4.79 Å². The third-order valence-corrected chi connectivity index (χ3v) is 3.83. The second-order valence-corrected chi connectivity index (χ2v) is 5.73. The van der Waals surface area contributed by atoms with Crippen LogP contribution in [0.2, 0.25) is 15.1 Å². The van der Waals surface area contributed by atoms with Crippen LogP contribution in [0, 0.1) is 11.8 Å². The van der Waals surface area contributed by atoms with Gasteiger partial charge in [0.2, 0.25) is 0 Å². The normalized spacial score (nSPS) is 9.62. The lowest BCUT2D eigenvalue weighted by molar-refractivity contribution is 0.253. The van der Waals surface area contributed by atoms with Crippen molar-refractivity contribution in [3.63, 3.8) is 0 Å². The van der Waals surface area contributed by atoms with Gasteiger partial charge in [-0.1, -0.05) is 58.8 Å². The number of anilines is 1. The number of halogens is 3. The van der Waals surface area contributed by atoms with E-state index in [1.54, 1.807) is 30.3 Å². The van der Waals surface area contributed by atoms with Crippen LogP contribution in [0.4, 0.5) is 10.5 Å². The second-order valence-electron chi connectivity index (χ2n) is 4.51. The largest absolute Gasteiger partial charge is 0.479 e. The molecule has 0 aliphatic rings. The fourth-order valence-electron chi connectivity index (χ4n) is 1.66. The minimum absolute atomic E-state index is 0.180. The molecule has 0 aromatic heterocycles. The zero-order valence-corrected chi connectivity index (χ0v) is 14.7. The number of urea groups is 1. The van der Waals surface area contributed by atoms with Crippen LogP contribution in [0.15, 0.2) is 42.5 Å². The highest BCUT2D eigenvalue weighted by atomic mass is 35.5. The van der Waals surface area contributed by atoms with Crippen LogP contribution in [0.5, 0.6) is 5.75 Å². The summed E-state index contributed by atoms with van der Waals surface area (Å²) in [5.74, 6) is 6.13. The molecule has 2 amide bonds. The predicted octanol–water partition coefficient (Wildman–Crippen LogP) is 4.85. The molecule has 0 fully saturated rings. The maximum absolute atomic E-state index is 11.7. The van der Waals surface area contributed by atoms with Crippen LogP contribution < -0.4 is 15.4 Å². The molecule has 0 radical (unpaired) electrons. The smallest absolute Gasteiger partial charge is 0.319 e. The Morgan fingerprint density at radius 1 is 1.00 bits per heavy atom. The first-order valence-corrected chi connectivity index (χ1v) is 8.02. The van der Waals surface area contributed by atoms with Crippen LogP contribution in [-0.4, -0.2) is 19.2 Å². The summed E-state index contributed by atoms with van der Waals surface area (Å²) in [6.45, 7) is 0.360. The summed E-state index contributed by atoms with van der Waals surface area (Å²) in [6.07, 6.45) is 0. The van der Waals surface area contributed by atoms with E-state index in [4.69, 9.17) is 39.5 Å². The lowest BCUT2D eigenvalue weighted by Crippen LogP contribution is -2.28. The molecule has 0 heterocycles. The highest BCUT2D eigenvalue weighted by Crippen LogP contribution is 2.25. The summed E-state index contributed by atoms with van der Waals surface area (Å²) < 4.78 is 5.40. The maximum atomic E-state index is 11.7. The molecule has 2 aromatic rings. The SMILES string of the molecule is O=C(NCC#CCOc1ccccc1Cl)Nc1ccc(Cl)c(Cl)c1. The Kier molecular flexibility index (Phi) is 7.07. The zero-order valence-electron chi connectivity index (χ0n) is 12.4. The molecular formula is C17H13Cl3N2O2. The van der Waals surface area contributed by atoms with E-state index in [2.05, 4.69) is 22.5 Å². The lowest BCUT2D eigenvalue weighted by Gasteiger charge is -2.06. The van der Waals surface area contributed by atoms with Crippen molar-refractivity contribution in [2.24, 2.45) is 0 Å².